The van der Waals surface area contributed by atoms with Crippen LogP contribution >= 0.6 is 0 Å². The molecule has 2 N–H and O–H groups in total. The Morgan fingerprint density at radius 1 is 1.28 bits per heavy atom. The Kier molecular flexibility index (Phi) is 4.59. The highest BCUT2D eigenvalue weighted by Gasteiger charge is 2.35. The summed E-state index contributed by atoms with van der Waals surface area (Å²) in [7, 11) is 1.90. The van der Waals surface area contributed by atoms with E-state index in [1.807, 2.05) is 11.9 Å². The van der Waals surface area contributed by atoms with E-state index in [-0.39, 0.29) is 6.04 Å². The van der Waals surface area contributed by atoms with Crippen LogP contribution in [0, 0.1) is 0 Å². The van der Waals surface area contributed by atoms with Gasteiger partial charge in [0.25, 0.3) is 0 Å². The minimum absolute atomic E-state index is 0.134. The van der Waals surface area contributed by atoms with Gasteiger partial charge in [-0.05, 0) is 12.8 Å². The van der Waals surface area contributed by atoms with Crippen molar-refractivity contribution in [3.63, 3.8) is 0 Å². The zero-order valence-corrected chi connectivity index (χ0v) is 11.6. The SMILES string of the molecule is CCC(CN)N1CCN(C2CCN(C)C2=O)CC1. The zero-order chi connectivity index (χ0) is 13.1. The third kappa shape index (κ3) is 2.68. The summed E-state index contributed by atoms with van der Waals surface area (Å²) in [6.45, 7) is 7.93. The number of carbonyl (C=O) groups is 1. The second-order valence-corrected chi connectivity index (χ2v) is 5.43. The molecule has 0 bridgehead atoms. The van der Waals surface area contributed by atoms with Crippen molar-refractivity contribution in [3.05, 3.63) is 0 Å². The van der Waals surface area contributed by atoms with Gasteiger partial charge in [-0.1, -0.05) is 6.92 Å². The fraction of sp³-hybridized carbons (Fsp3) is 0.923. The van der Waals surface area contributed by atoms with E-state index in [0.29, 0.717) is 11.9 Å². The summed E-state index contributed by atoms with van der Waals surface area (Å²) in [6, 6.07) is 0.643. The summed E-state index contributed by atoms with van der Waals surface area (Å²) in [5, 5.41) is 0. The van der Waals surface area contributed by atoms with Crippen molar-refractivity contribution < 1.29 is 4.79 Å². The summed E-state index contributed by atoms with van der Waals surface area (Å²) in [5.41, 5.74) is 5.80. The van der Waals surface area contributed by atoms with Crippen molar-refractivity contribution in [3.8, 4) is 0 Å². The molecule has 0 aromatic heterocycles. The molecule has 104 valence electrons. The first kappa shape index (κ1) is 13.8. The van der Waals surface area contributed by atoms with Gasteiger partial charge in [0.05, 0.1) is 6.04 Å². The first-order chi connectivity index (χ1) is 8.67. The highest BCUT2D eigenvalue weighted by Crippen LogP contribution is 2.18. The molecule has 2 unspecified atom stereocenters. The van der Waals surface area contributed by atoms with Crippen LogP contribution in [0.4, 0.5) is 0 Å². The second-order valence-electron chi connectivity index (χ2n) is 5.43. The van der Waals surface area contributed by atoms with E-state index in [1.54, 1.807) is 0 Å². The molecule has 0 saturated carbocycles. The van der Waals surface area contributed by atoms with Crippen LogP contribution < -0.4 is 5.73 Å². The molecule has 0 aromatic carbocycles. The molecule has 2 fully saturated rings. The summed E-state index contributed by atoms with van der Waals surface area (Å²) >= 11 is 0. The normalized spacial score (nSPS) is 28.9. The Hall–Kier alpha value is -0.650. The summed E-state index contributed by atoms with van der Waals surface area (Å²) < 4.78 is 0. The van der Waals surface area contributed by atoms with Gasteiger partial charge in [0.15, 0.2) is 0 Å². The van der Waals surface area contributed by atoms with E-state index < -0.39 is 0 Å². The molecule has 0 radical (unpaired) electrons. The number of carbonyl (C=O) groups excluding carboxylic acids is 1. The van der Waals surface area contributed by atoms with E-state index in [9.17, 15) is 4.79 Å². The first-order valence-electron chi connectivity index (χ1n) is 7.10. The van der Waals surface area contributed by atoms with Crippen molar-refractivity contribution >= 4 is 5.91 Å². The lowest BCUT2D eigenvalue weighted by Gasteiger charge is -2.40. The number of hydrogen-bond donors (Lipinski definition) is 1. The lowest BCUT2D eigenvalue weighted by atomic mass is 10.1. The highest BCUT2D eigenvalue weighted by molar-refractivity contribution is 5.83. The van der Waals surface area contributed by atoms with Gasteiger partial charge in [-0.15, -0.1) is 0 Å². The van der Waals surface area contributed by atoms with Crippen LogP contribution in [-0.2, 0) is 4.79 Å². The summed E-state index contributed by atoms with van der Waals surface area (Å²) in [5.74, 6) is 0.300. The lowest BCUT2D eigenvalue weighted by Crippen LogP contribution is -2.55. The van der Waals surface area contributed by atoms with Crippen LogP contribution in [0.2, 0.25) is 0 Å². The van der Waals surface area contributed by atoms with E-state index in [0.717, 1.165) is 52.1 Å². The molecule has 2 heterocycles. The molecule has 0 aliphatic carbocycles. The Morgan fingerprint density at radius 2 is 1.94 bits per heavy atom. The number of likely N-dealkylation sites (tertiary alicyclic amines) is 1. The van der Waals surface area contributed by atoms with Crippen molar-refractivity contribution in [2.24, 2.45) is 5.73 Å². The van der Waals surface area contributed by atoms with Gasteiger partial charge in [0.2, 0.25) is 5.91 Å². The molecule has 2 saturated heterocycles. The maximum Gasteiger partial charge on any atom is 0.239 e. The number of amides is 1. The largest absolute Gasteiger partial charge is 0.344 e. The molecule has 5 heteroatoms. The van der Waals surface area contributed by atoms with E-state index in [4.69, 9.17) is 5.73 Å². The Balaban J connectivity index is 1.85. The molecule has 0 aromatic rings. The second kappa shape index (κ2) is 5.99. The fourth-order valence-electron chi connectivity index (χ4n) is 3.13. The fourth-order valence-corrected chi connectivity index (χ4v) is 3.13. The number of hydrogen-bond acceptors (Lipinski definition) is 4. The van der Waals surface area contributed by atoms with Gasteiger partial charge in [0.1, 0.15) is 0 Å². The maximum atomic E-state index is 12.0. The molecule has 2 aliphatic rings. The third-order valence-corrected chi connectivity index (χ3v) is 4.45. The molecule has 18 heavy (non-hydrogen) atoms. The van der Waals surface area contributed by atoms with E-state index >= 15 is 0 Å². The molecule has 0 spiro atoms. The molecule has 1 amide bonds. The van der Waals surface area contributed by atoms with Crippen LogP contribution in [0.1, 0.15) is 19.8 Å². The summed E-state index contributed by atoms with van der Waals surface area (Å²) in [4.78, 5) is 18.7. The monoisotopic (exact) mass is 254 g/mol. The van der Waals surface area contributed by atoms with Crippen molar-refractivity contribution in [2.75, 3.05) is 46.3 Å². The minimum atomic E-state index is 0.134. The molecule has 2 atom stereocenters. The van der Waals surface area contributed by atoms with Gasteiger partial charge < -0.3 is 10.6 Å². The average Bonchev–Trinajstić information content (AvgIpc) is 2.73. The van der Waals surface area contributed by atoms with Gasteiger partial charge in [0, 0.05) is 52.4 Å². The van der Waals surface area contributed by atoms with Crippen molar-refractivity contribution in [1.82, 2.24) is 14.7 Å². The molecular formula is C13H26N4O. The van der Waals surface area contributed by atoms with Crippen LogP contribution in [0.25, 0.3) is 0 Å². The van der Waals surface area contributed by atoms with Gasteiger partial charge in [-0.25, -0.2) is 0 Å². The molecule has 5 nitrogen and oxygen atoms in total. The average molecular weight is 254 g/mol. The first-order valence-corrected chi connectivity index (χ1v) is 7.10. The number of rotatable bonds is 4. The summed E-state index contributed by atoms with van der Waals surface area (Å²) in [6.07, 6.45) is 2.10. The zero-order valence-electron chi connectivity index (χ0n) is 11.6. The highest BCUT2D eigenvalue weighted by atomic mass is 16.2. The smallest absolute Gasteiger partial charge is 0.239 e. The number of nitrogens with two attached hydrogens (primary N) is 1. The van der Waals surface area contributed by atoms with E-state index in [2.05, 4.69) is 16.7 Å². The number of piperazine rings is 1. The van der Waals surface area contributed by atoms with Crippen LogP contribution in [0.15, 0.2) is 0 Å². The molecule has 2 rings (SSSR count). The van der Waals surface area contributed by atoms with Crippen molar-refractivity contribution in [2.45, 2.75) is 31.8 Å². The van der Waals surface area contributed by atoms with Crippen LogP contribution in [0.5, 0.6) is 0 Å². The topological polar surface area (TPSA) is 52.8 Å². The Labute approximate surface area is 110 Å². The van der Waals surface area contributed by atoms with Gasteiger partial charge in [-0.3, -0.25) is 14.6 Å². The number of likely N-dealkylation sites (N-methyl/N-ethyl adjacent to an activating group) is 1. The standard InChI is InChI=1S/C13H26N4O/c1-3-11(10-14)16-6-8-17(9-7-16)12-4-5-15(2)13(12)18/h11-12H,3-10,14H2,1-2H3. The third-order valence-electron chi connectivity index (χ3n) is 4.45. The molecular weight excluding hydrogens is 228 g/mol. The Bertz CT molecular complexity index is 285. The molecule has 2 aliphatic heterocycles. The predicted molar refractivity (Wildman–Crippen MR) is 72.3 cm³/mol. The van der Waals surface area contributed by atoms with Gasteiger partial charge >= 0.3 is 0 Å². The maximum absolute atomic E-state index is 12.0. The predicted octanol–water partition coefficient (Wildman–Crippen LogP) is -0.428. The van der Waals surface area contributed by atoms with Gasteiger partial charge in [-0.2, -0.15) is 0 Å². The van der Waals surface area contributed by atoms with Crippen LogP contribution in [-0.4, -0.2) is 79.0 Å². The van der Waals surface area contributed by atoms with Crippen LogP contribution in [0.3, 0.4) is 0 Å². The minimum Gasteiger partial charge on any atom is -0.344 e. The number of nitrogens with zero attached hydrogens (tertiary/aromatic N) is 3. The van der Waals surface area contributed by atoms with E-state index in [1.165, 1.54) is 0 Å². The lowest BCUT2D eigenvalue weighted by molar-refractivity contribution is -0.131. The quantitative estimate of drug-likeness (QED) is 0.740. The van der Waals surface area contributed by atoms with Crippen molar-refractivity contribution in [1.29, 1.82) is 0 Å². The Morgan fingerprint density at radius 3 is 2.39 bits per heavy atom.